The van der Waals surface area contributed by atoms with Crippen molar-refractivity contribution < 1.29 is 19.7 Å². The van der Waals surface area contributed by atoms with E-state index in [1.54, 1.807) is 0 Å². The third kappa shape index (κ3) is 1.90. The number of aliphatic hydroxyl groups excluding tert-OH is 2. The molecule has 1 unspecified atom stereocenters. The van der Waals surface area contributed by atoms with Crippen LogP contribution >= 0.6 is 0 Å². The van der Waals surface area contributed by atoms with Gasteiger partial charge in [0.15, 0.2) is 6.29 Å². The first-order valence-corrected chi connectivity index (χ1v) is 3.76. The maximum absolute atomic E-state index is 9.46. The average molecular weight is 189 g/mol. The Labute approximate surface area is 74.5 Å². The van der Waals surface area contributed by atoms with E-state index in [0.717, 1.165) is 0 Å². The van der Waals surface area contributed by atoms with Gasteiger partial charge < -0.3 is 19.7 Å². The molecule has 74 valence electrons. The van der Waals surface area contributed by atoms with Crippen molar-refractivity contribution in [1.82, 2.24) is 0 Å². The van der Waals surface area contributed by atoms with Gasteiger partial charge in [0.1, 0.15) is 6.10 Å². The standard InChI is InChI=1S/C6H11N3O4/c1-12-6-5(11)4(8-9-7)3(2-10)13-6/h3-6,10-11H,2H2,1H3/t3-,4+,5-,6?/m1/s1. The van der Waals surface area contributed by atoms with Crippen LogP contribution in [0.15, 0.2) is 5.11 Å². The van der Waals surface area contributed by atoms with E-state index in [0.29, 0.717) is 0 Å². The Bertz CT molecular complexity index is 216. The summed E-state index contributed by atoms with van der Waals surface area (Å²) in [5.74, 6) is 0. The predicted molar refractivity (Wildman–Crippen MR) is 41.7 cm³/mol. The number of nitrogens with zero attached hydrogens (tertiary/aromatic N) is 3. The molecular weight excluding hydrogens is 178 g/mol. The van der Waals surface area contributed by atoms with Crippen LogP contribution in [0.2, 0.25) is 0 Å². The first kappa shape index (κ1) is 10.2. The minimum absolute atomic E-state index is 0.319. The van der Waals surface area contributed by atoms with Crippen molar-refractivity contribution >= 4 is 0 Å². The molecule has 1 aliphatic rings. The van der Waals surface area contributed by atoms with Crippen LogP contribution in [-0.2, 0) is 9.47 Å². The van der Waals surface area contributed by atoms with Crippen molar-refractivity contribution in [2.24, 2.45) is 5.11 Å². The van der Waals surface area contributed by atoms with Gasteiger partial charge in [-0.15, -0.1) is 0 Å². The third-order valence-corrected chi connectivity index (χ3v) is 1.92. The molecule has 1 fully saturated rings. The highest BCUT2D eigenvalue weighted by Gasteiger charge is 2.43. The van der Waals surface area contributed by atoms with E-state index < -0.39 is 24.5 Å². The molecule has 4 atom stereocenters. The fraction of sp³-hybridized carbons (Fsp3) is 1.00. The van der Waals surface area contributed by atoms with Crippen LogP contribution in [0.25, 0.3) is 10.4 Å². The zero-order valence-corrected chi connectivity index (χ0v) is 7.07. The van der Waals surface area contributed by atoms with E-state index in [2.05, 4.69) is 10.0 Å². The van der Waals surface area contributed by atoms with Gasteiger partial charge in [-0.25, -0.2) is 0 Å². The molecule has 0 saturated carbocycles. The monoisotopic (exact) mass is 189 g/mol. The van der Waals surface area contributed by atoms with E-state index in [9.17, 15) is 5.11 Å². The van der Waals surface area contributed by atoms with E-state index in [1.807, 2.05) is 0 Å². The molecule has 2 N–H and O–H groups in total. The largest absolute Gasteiger partial charge is 0.394 e. The SMILES string of the molecule is COC1O[C@H](CO)[C@H](N=[N+]=[N-])[C@H]1O. The fourth-order valence-electron chi connectivity index (χ4n) is 1.26. The summed E-state index contributed by atoms with van der Waals surface area (Å²) in [4.78, 5) is 2.55. The predicted octanol–water partition coefficient (Wildman–Crippen LogP) is -0.610. The highest BCUT2D eigenvalue weighted by molar-refractivity contribution is 4.92. The Morgan fingerprint density at radius 2 is 2.38 bits per heavy atom. The molecular formula is C6H11N3O4. The third-order valence-electron chi connectivity index (χ3n) is 1.92. The first-order valence-electron chi connectivity index (χ1n) is 3.76. The summed E-state index contributed by atoms with van der Waals surface area (Å²) in [7, 11) is 1.36. The molecule has 0 aromatic carbocycles. The van der Waals surface area contributed by atoms with Crippen molar-refractivity contribution in [2.75, 3.05) is 13.7 Å². The van der Waals surface area contributed by atoms with Crippen molar-refractivity contribution in [3.63, 3.8) is 0 Å². The zero-order valence-electron chi connectivity index (χ0n) is 7.07. The van der Waals surface area contributed by atoms with Crippen LogP contribution in [0.1, 0.15) is 0 Å². The number of rotatable bonds is 3. The smallest absolute Gasteiger partial charge is 0.184 e. The average Bonchev–Trinajstić information content (AvgIpc) is 2.45. The Kier molecular flexibility index (Phi) is 3.47. The van der Waals surface area contributed by atoms with Crippen LogP contribution < -0.4 is 0 Å². The van der Waals surface area contributed by atoms with Crippen LogP contribution in [0.5, 0.6) is 0 Å². The van der Waals surface area contributed by atoms with E-state index >= 15 is 0 Å². The summed E-state index contributed by atoms with van der Waals surface area (Å²) in [6.45, 7) is -0.319. The first-order chi connectivity index (χ1) is 6.24. The van der Waals surface area contributed by atoms with Gasteiger partial charge in [-0.05, 0) is 5.53 Å². The van der Waals surface area contributed by atoms with Crippen LogP contribution in [0.3, 0.4) is 0 Å². The Morgan fingerprint density at radius 1 is 1.69 bits per heavy atom. The molecule has 1 rings (SSSR count). The van der Waals surface area contributed by atoms with Gasteiger partial charge in [0.05, 0.1) is 18.8 Å². The molecule has 0 amide bonds. The molecule has 0 aliphatic carbocycles. The highest BCUT2D eigenvalue weighted by atomic mass is 16.7. The number of hydrogen-bond donors (Lipinski definition) is 2. The number of methoxy groups -OCH3 is 1. The number of aliphatic hydroxyl groups is 2. The summed E-state index contributed by atoms with van der Waals surface area (Å²) >= 11 is 0. The summed E-state index contributed by atoms with van der Waals surface area (Å²) in [6.07, 6.45) is -2.57. The highest BCUT2D eigenvalue weighted by Crippen LogP contribution is 2.24. The van der Waals surface area contributed by atoms with Gasteiger partial charge in [0, 0.05) is 12.0 Å². The molecule has 7 nitrogen and oxygen atoms in total. The second-order valence-corrected chi connectivity index (χ2v) is 2.65. The Balaban J connectivity index is 2.73. The number of azide groups is 1. The molecule has 0 aromatic rings. The molecule has 0 spiro atoms. The van der Waals surface area contributed by atoms with E-state index in [4.69, 9.17) is 20.1 Å². The fourth-order valence-corrected chi connectivity index (χ4v) is 1.26. The molecule has 7 heteroatoms. The van der Waals surface area contributed by atoms with Crippen LogP contribution in [0.4, 0.5) is 0 Å². The summed E-state index contributed by atoms with van der Waals surface area (Å²) in [6, 6.07) is -0.792. The second-order valence-electron chi connectivity index (χ2n) is 2.65. The van der Waals surface area contributed by atoms with Crippen molar-refractivity contribution in [3.05, 3.63) is 10.4 Å². The van der Waals surface area contributed by atoms with Gasteiger partial charge in [-0.1, -0.05) is 5.11 Å². The molecule has 0 radical (unpaired) electrons. The number of ether oxygens (including phenoxy) is 2. The summed E-state index contributed by atoms with van der Waals surface area (Å²) in [5.41, 5.74) is 8.19. The molecule has 0 bridgehead atoms. The molecule has 13 heavy (non-hydrogen) atoms. The minimum Gasteiger partial charge on any atom is -0.394 e. The van der Waals surface area contributed by atoms with Crippen molar-refractivity contribution in [1.29, 1.82) is 0 Å². The second kappa shape index (κ2) is 4.40. The molecule has 1 aliphatic heterocycles. The lowest BCUT2D eigenvalue weighted by Gasteiger charge is -2.11. The lowest BCUT2D eigenvalue weighted by Crippen LogP contribution is -2.32. The van der Waals surface area contributed by atoms with Crippen LogP contribution in [-0.4, -0.2) is 48.5 Å². The summed E-state index contributed by atoms with van der Waals surface area (Å²) in [5, 5.41) is 21.6. The Hall–Kier alpha value is -0.850. The molecule has 0 aromatic heterocycles. The van der Waals surface area contributed by atoms with Gasteiger partial charge in [0.2, 0.25) is 0 Å². The zero-order chi connectivity index (χ0) is 9.84. The van der Waals surface area contributed by atoms with E-state index in [-0.39, 0.29) is 6.61 Å². The molecule has 1 heterocycles. The number of hydrogen-bond acceptors (Lipinski definition) is 5. The normalized spacial score (nSPS) is 38.7. The maximum atomic E-state index is 9.46. The maximum Gasteiger partial charge on any atom is 0.184 e. The summed E-state index contributed by atoms with van der Waals surface area (Å²) < 4.78 is 9.82. The quantitative estimate of drug-likeness (QED) is 0.350. The van der Waals surface area contributed by atoms with Crippen molar-refractivity contribution in [3.8, 4) is 0 Å². The van der Waals surface area contributed by atoms with Crippen molar-refractivity contribution in [2.45, 2.75) is 24.5 Å². The Morgan fingerprint density at radius 3 is 2.85 bits per heavy atom. The van der Waals surface area contributed by atoms with Gasteiger partial charge in [0.25, 0.3) is 0 Å². The minimum atomic E-state index is -1.03. The van der Waals surface area contributed by atoms with E-state index in [1.165, 1.54) is 7.11 Å². The van der Waals surface area contributed by atoms with Gasteiger partial charge in [-0.2, -0.15) is 0 Å². The lowest BCUT2D eigenvalue weighted by atomic mass is 10.1. The van der Waals surface area contributed by atoms with Gasteiger partial charge >= 0.3 is 0 Å². The van der Waals surface area contributed by atoms with Crippen LogP contribution in [0, 0.1) is 0 Å². The van der Waals surface area contributed by atoms with Gasteiger partial charge in [-0.3, -0.25) is 0 Å². The topological polar surface area (TPSA) is 108 Å². The lowest BCUT2D eigenvalue weighted by molar-refractivity contribution is -0.153. The molecule has 1 saturated heterocycles.